The molecule has 0 saturated heterocycles. The molecule has 2 atom stereocenters. The number of aliphatic imine (C=N–C) groups is 1. The Morgan fingerprint density at radius 1 is 0.792 bits per heavy atom. The lowest BCUT2D eigenvalue weighted by Crippen LogP contribution is -2.45. The number of aliphatic hydroxyl groups is 1. The topological polar surface area (TPSA) is 138 Å². The van der Waals surface area contributed by atoms with E-state index in [4.69, 9.17) is 29.5 Å². The van der Waals surface area contributed by atoms with E-state index >= 15 is 0 Å². The Morgan fingerprint density at radius 3 is 2.28 bits per heavy atom. The number of methoxy groups -OCH3 is 1. The lowest BCUT2D eigenvalue weighted by atomic mass is 9.94. The van der Waals surface area contributed by atoms with E-state index in [-0.39, 0.29) is 17.0 Å². The van der Waals surface area contributed by atoms with Gasteiger partial charge in [0.25, 0.3) is 5.56 Å². The van der Waals surface area contributed by atoms with Gasteiger partial charge in [0.05, 0.1) is 43.2 Å². The second-order valence-corrected chi connectivity index (χ2v) is 20.1. The van der Waals surface area contributed by atoms with Crippen molar-refractivity contribution in [3.63, 3.8) is 0 Å². The number of aromatic amines is 1. The van der Waals surface area contributed by atoms with Gasteiger partial charge in [-0.3, -0.25) is 9.69 Å². The highest BCUT2D eigenvalue weighted by molar-refractivity contribution is 5.99. The number of aliphatic hydroxyl groups excluding tert-OH is 1. The van der Waals surface area contributed by atoms with Crippen LogP contribution in [0.4, 0.5) is 5.82 Å². The van der Waals surface area contributed by atoms with E-state index in [0.29, 0.717) is 60.2 Å². The monoisotopic (exact) mass is 962 g/mol. The van der Waals surface area contributed by atoms with Crippen LogP contribution in [0, 0.1) is 6.92 Å². The summed E-state index contributed by atoms with van der Waals surface area (Å²) in [6.45, 7) is 6.38. The zero-order valence-electron chi connectivity index (χ0n) is 41.7. The van der Waals surface area contributed by atoms with Crippen LogP contribution >= 0.6 is 0 Å². The number of aryl methyl sites for hydroxylation is 2. The molecule has 8 aromatic rings. The number of fused-ring (bicyclic) bond motifs is 4. The second kappa shape index (κ2) is 19.9. The van der Waals surface area contributed by atoms with Crippen molar-refractivity contribution in [2.45, 2.75) is 109 Å². The maximum absolute atomic E-state index is 13.6. The lowest BCUT2D eigenvalue weighted by Gasteiger charge is -2.33. The number of ether oxygens (including phenoxy) is 2. The normalized spacial score (nSPS) is 15.7. The largest absolute Gasteiger partial charge is 0.493 e. The molecular weight excluding hydrogens is 899 g/mol. The molecule has 1 spiro atoms. The minimum Gasteiger partial charge on any atom is -0.493 e. The molecule has 5 heterocycles. The van der Waals surface area contributed by atoms with Gasteiger partial charge in [0, 0.05) is 32.4 Å². The number of aromatic nitrogens is 6. The van der Waals surface area contributed by atoms with Crippen molar-refractivity contribution in [3.05, 3.63) is 194 Å². The molecule has 0 amide bonds. The Bertz CT molecular complexity index is 3300. The van der Waals surface area contributed by atoms with Gasteiger partial charge < -0.3 is 29.0 Å². The minimum atomic E-state index is -0.677. The van der Waals surface area contributed by atoms with Crippen LogP contribution in [-0.4, -0.2) is 77.4 Å². The van der Waals surface area contributed by atoms with Crippen molar-refractivity contribution < 1.29 is 14.6 Å². The van der Waals surface area contributed by atoms with Crippen LogP contribution in [0.25, 0.3) is 16.6 Å². The van der Waals surface area contributed by atoms with Gasteiger partial charge >= 0.3 is 0 Å². The van der Waals surface area contributed by atoms with Crippen LogP contribution in [0.1, 0.15) is 108 Å². The molecule has 1 aliphatic carbocycles. The molecule has 5 aromatic carbocycles. The van der Waals surface area contributed by atoms with Crippen LogP contribution < -0.4 is 19.9 Å². The molecule has 72 heavy (non-hydrogen) atoms. The fourth-order valence-corrected chi connectivity index (χ4v) is 11.2. The number of nitrogens with zero attached hydrogens (tertiary/aromatic N) is 8. The SMILES string of the molecule is COc1ccc(Cc2nn3c([C@@H](CCCc4ccccc4)[C@@H](C)O)nc(C)c3c(=O)[nH]2)cc1OCc1cccc(-c2ccc(Cc3nc4c(n3Cc3ccccc3)CN(C)C3=NC5(CCCC5)CN34)cc2)c1. The zero-order valence-corrected chi connectivity index (χ0v) is 41.7. The molecule has 2 aliphatic heterocycles. The highest BCUT2D eigenvalue weighted by atomic mass is 16.5. The molecule has 3 aromatic heterocycles. The van der Waals surface area contributed by atoms with Crippen LogP contribution in [0.2, 0.25) is 0 Å². The van der Waals surface area contributed by atoms with E-state index in [9.17, 15) is 9.90 Å². The number of hydrogen-bond acceptors (Lipinski definition) is 10. The Labute approximate surface area is 420 Å². The minimum absolute atomic E-state index is 0.0194. The Morgan fingerprint density at radius 2 is 1.53 bits per heavy atom. The van der Waals surface area contributed by atoms with Gasteiger partial charge in [-0.15, -0.1) is 0 Å². The summed E-state index contributed by atoms with van der Waals surface area (Å²) in [6, 6.07) is 44.1. The van der Waals surface area contributed by atoms with Gasteiger partial charge in [-0.05, 0) is 103 Å². The first-order valence-corrected chi connectivity index (χ1v) is 25.5. The van der Waals surface area contributed by atoms with Gasteiger partial charge in [0.15, 0.2) is 22.8 Å². The predicted molar refractivity (Wildman–Crippen MR) is 282 cm³/mol. The summed E-state index contributed by atoms with van der Waals surface area (Å²) in [4.78, 5) is 36.8. The summed E-state index contributed by atoms with van der Waals surface area (Å²) >= 11 is 0. The number of rotatable bonds is 17. The number of imidazole rings is 2. The maximum Gasteiger partial charge on any atom is 0.277 e. The van der Waals surface area contributed by atoms with Gasteiger partial charge in [-0.2, -0.15) is 5.10 Å². The van der Waals surface area contributed by atoms with E-state index in [1.54, 1.807) is 18.5 Å². The zero-order chi connectivity index (χ0) is 49.3. The summed E-state index contributed by atoms with van der Waals surface area (Å²) in [5.41, 5.74) is 9.81. The third kappa shape index (κ3) is 9.53. The quantitative estimate of drug-likeness (QED) is 0.0914. The van der Waals surface area contributed by atoms with E-state index in [2.05, 4.69) is 117 Å². The summed E-state index contributed by atoms with van der Waals surface area (Å²) in [7, 11) is 3.80. The lowest BCUT2D eigenvalue weighted by molar-refractivity contribution is 0.151. The third-order valence-electron chi connectivity index (χ3n) is 14.9. The van der Waals surface area contributed by atoms with Crippen molar-refractivity contribution >= 4 is 17.3 Å². The number of nitrogens with one attached hydrogen (secondary N) is 1. The van der Waals surface area contributed by atoms with Crippen molar-refractivity contribution in [1.29, 1.82) is 0 Å². The number of H-pyrrole nitrogens is 1. The fourth-order valence-electron chi connectivity index (χ4n) is 11.2. The maximum atomic E-state index is 13.6. The van der Waals surface area contributed by atoms with Crippen LogP contribution in [0.15, 0.2) is 137 Å². The highest BCUT2D eigenvalue weighted by Gasteiger charge is 2.46. The first kappa shape index (κ1) is 46.8. The van der Waals surface area contributed by atoms with Gasteiger partial charge in [-0.1, -0.05) is 122 Å². The summed E-state index contributed by atoms with van der Waals surface area (Å²) in [6.07, 6.45) is 7.61. The molecule has 3 aliphatic rings. The molecule has 11 rings (SSSR count). The summed E-state index contributed by atoms with van der Waals surface area (Å²) in [5.74, 6) is 5.17. The van der Waals surface area contributed by atoms with Gasteiger partial charge in [0.1, 0.15) is 24.1 Å². The first-order valence-electron chi connectivity index (χ1n) is 25.5. The molecule has 13 heteroatoms. The Kier molecular flexibility index (Phi) is 13.0. The molecule has 368 valence electrons. The van der Waals surface area contributed by atoms with Crippen molar-refractivity contribution in [2.24, 2.45) is 4.99 Å². The molecule has 0 unspecified atom stereocenters. The number of benzene rings is 5. The molecule has 1 fully saturated rings. The summed E-state index contributed by atoms with van der Waals surface area (Å²) in [5, 5.41) is 15.9. The third-order valence-corrected chi connectivity index (χ3v) is 14.9. The van der Waals surface area contributed by atoms with Crippen molar-refractivity contribution in [3.8, 4) is 22.6 Å². The van der Waals surface area contributed by atoms with Gasteiger partial charge in [-0.25, -0.2) is 19.5 Å². The van der Waals surface area contributed by atoms with E-state index in [0.717, 1.165) is 85.2 Å². The number of guanidine groups is 1. The van der Waals surface area contributed by atoms with E-state index in [1.807, 2.05) is 43.3 Å². The average molecular weight is 962 g/mol. The van der Waals surface area contributed by atoms with Crippen LogP contribution in [-0.2, 0) is 39.0 Å². The predicted octanol–water partition coefficient (Wildman–Crippen LogP) is 9.83. The standard InChI is InChI=1S/C59H63N9O4/c1-39-54-57(70)61-52(64-68(54)55(60-39)48(40(2)69)22-14-19-41-15-7-5-8-16-41)33-44-25-28-50(71-4)51(32-44)72-37-45-20-13-21-47(31-45)46-26-23-42(24-27-46)34-53-62-56-49(66(53)35-43-17-9-6-10-18-43)36-65(3)58-63-59(38-67(56)58)29-11-12-30-59/h5-10,13,15-18,20-21,23-28,31-32,40,48,69H,11-12,14,19,22,29-30,33-38H2,1-4H3,(H,61,64,70)/t40-,48+/m1/s1. The smallest absolute Gasteiger partial charge is 0.277 e. The van der Waals surface area contributed by atoms with Gasteiger partial charge in [0.2, 0.25) is 5.96 Å². The first-order chi connectivity index (χ1) is 35.1. The van der Waals surface area contributed by atoms with Crippen molar-refractivity contribution in [2.75, 3.05) is 25.6 Å². The molecule has 0 radical (unpaired) electrons. The molecule has 13 nitrogen and oxygen atoms in total. The highest BCUT2D eigenvalue weighted by Crippen LogP contribution is 2.43. The fraction of sp³-hybridized carbons (Fsp3) is 0.339. The molecule has 2 N–H and O–H groups in total. The number of hydrogen-bond donors (Lipinski definition) is 2. The van der Waals surface area contributed by atoms with Crippen LogP contribution in [0.3, 0.4) is 0 Å². The molecule has 0 bridgehead atoms. The molecular formula is C59H63N9O4. The Balaban J connectivity index is 0.784. The van der Waals surface area contributed by atoms with E-state index < -0.39 is 6.10 Å². The average Bonchev–Trinajstić information content (AvgIpc) is 4.18. The Hall–Kier alpha value is -7.51. The van der Waals surface area contributed by atoms with Crippen molar-refractivity contribution in [1.82, 2.24) is 34.0 Å². The molecule has 1 saturated carbocycles. The van der Waals surface area contributed by atoms with Crippen LogP contribution in [0.5, 0.6) is 11.5 Å². The van der Waals surface area contributed by atoms with E-state index in [1.165, 1.54) is 35.2 Å². The number of anilines is 1. The second-order valence-electron chi connectivity index (χ2n) is 20.1. The summed E-state index contributed by atoms with van der Waals surface area (Å²) < 4.78 is 16.3.